The van der Waals surface area contributed by atoms with E-state index in [0.717, 1.165) is 26.1 Å². The van der Waals surface area contributed by atoms with Crippen LogP contribution in [0.1, 0.15) is 25.3 Å². The first-order valence-corrected chi connectivity index (χ1v) is 9.92. The van der Waals surface area contributed by atoms with Crippen LogP contribution in [0.4, 0.5) is 0 Å². The van der Waals surface area contributed by atoms with Gasteiger partial charge in [0.2, 0.25) is 10.0 Å². The molecule has 0 radical (unpaired) electrons. The number of hydrogen-bond donors (Lipinski definition) is 0. The van der Waals surface area contributed by atoms with Gasteiger partial charge in [0.15, 0.2) is 0 Å². The molecule has 23 heavy (non-hydrogen) atoms. The first-order valence-electron chi connectivity index (χ1n) is 8.42. The Morgan fingerprint density at radius 1 is 1.22 bits per heavy atom. The van der Waals surface area contributed by atoms with Crippen LogP contribution in [0.5, 0.6) is 0 Å². The largest absolute Gasteiger partial charge is 0.380 e. The zero-order valence-corrected chi connectivity index (χ0v) is 14.5. The van der Waals surface area contributed by atoms with E-state index in [0.29, 0.717) is 26.2 Å². The summed E-state index contributed by atoms with van der Waals surface area (Å²) in [5.41, 5.74) is 1.28. The van der Waals surface area contributed by atoms with Crippen molar-refractivity contribution in [1.29, 1.82) is 0 Å². The quantitative estimate of drug-likeness (QED) is 0.838. The molecule has 1 aromatic rings. The van der Waals surface area contributed by atoms with Gasteiger partial charge in [-0.05, 0) is 31.9 Å². The average molecular weight is 338 g/mol. The van der Waals surface area contributed by atoms with E-state index in [-0.39, 0.29) is 11.3 Å². The van der Waals surface area contributed by atoms with Crippen molar-refractivity contribution in [3.63, 3.8) is 0 Å². The fourth-order valence-electron chi connectivity index (χ4n) is 3.53. The molecule has 0 bridgehead atoms. The van der Waals surface area contributed by atoms with E-state index in [1.807, 2.05) is 25.1 Å². The molecule has 0 amide bonds. The molecule has 0 aliphatic carbocycles. The van der Waals surface area contributed by atoms with Crippen molar-refractivity contribution in [2.45, 2.75) is 37.6 Å². The van der Waals surface area contributed by atoms with Gasteiger partial charge in [-0.25, -0.2) is 8.42 Å². The van der Waals surface area contributed by atoms with E-state index in [2.05, 4.69) is 17.0 Å². The molecule has 0 aromatic heterocycles. The minimum atomic E-state index is -3.25. The van der Waals surface area contributed by atoms with Crippen LogP contribution in [0, 0.1) is 0 Å². The Labute approximate surface area is 139 Å². The highest BCUT2D eigenvalue weighted by atomic mass is 32.2. The van der Waals surface area contributed by atoms with Crippen molar-refractivity contribution in [1.82, 2.24) is 9.21 Å². The summed E-state index contributed by atoms with van der Waals surface area (Å²) in [6.07, 6.45) is 1.50. The van der Waals surface area contributed by atoms with Crippen LogP contribution in [0.25, 0.3) is 0 Å². The van der Waals surface area contributed by atoms with Gasteiger partial charge in [-0.2, -0.15) is 4.31 Å². The third-order valence-electron chi connectivity index (χ3n) is 4.75. The lowest BCUT2D eigenvalue weighted by Crippen LogP contribution is -2.46. The van der Waals surface area contributed by atoms with Gasteiger partial charge in [0, 0.05) is 32.3 Å². The fraction of sp³-hybridized carbons (Fsp3) is 0.647. The van der Waals surface area contributed by atoms with E-state index >= 15 is 0 Å². The third-order valence-corrected chi connectivity index (χ3v) is 7.16. The van der Waals surface area contributed by atoms with Crippen molar-refractivity contribution in [3.05, 3.63) is 35.9 Å². The molecule has 3 rings (SSSR count). The highest BCUT2D eigenvalue weighted by Gasteiger charge is 2.38. The van der Waals surface area contributed by atoms with E-state index < -0.39 is 10.0 Å². The molecule has 0 unspecified atom stereocenters. The maximum absolute atomic E-state index is 12.8. The average Bonchev–Trinajstić information content (AvgIpc) is 3.01. The van der Waals surface area contributed by atoms with E-state index in [9.17, 15) is 8.42 Å². The Morgan fingerprint density at radius 3 is 2.70 bits per heavy atom. The summed E-state index contributed by atoms with van der Waals surface area (Å²) in [7, 11) is -3.25. The van der Waals surface area contributed by atoms with E-state index in [4.69, 9.17) is 4.74 Å². The van der Waals surface area contributed by atoms with Gasteiger partial charge in [0.1, 0.15) is 5.25 Å². The lowest BCUT2D eigenvalue weighted by Gasteiger charge is -2.30. The minimum Gasteiger partial charge on any atom is -0.380 e. The van der Waals surface area contributed by atoms with Crippen LogP contribution in [0.2, 0.25) is 0 Å². The molecule has 2 aliphatic heterocycles. The molecule has 2 atom stereocenters. The second-order valence-electron chi connectivity index (χ2n) is 6.56. The number of rotatable bonds is 4. The minimum absolute atomic E-state index is 0.00631. The van der Waals surface area contributed by atoms with Gasteiger partial charge in [-0.3, -0.25) is 4.90 Å². The smallest absolute Gasteiger partial charge is 0.219 e. The summed E-state index contributed by atoms with van der Waals surface area (Å²) in [6, 6.07) is 10.4. The van der Waals surface area contributed by atoms with Crippen LogP contribution >= 0.6 is 0 Å². The van der Waals surface area contributed by atoms with Gasteiger partial charge in [-0.1, -0.05) is 30.3 Å². The zero-order valence-electron chi connectivity index (χ0n) is 13.7. The first kappa shape index (κ1) is 16.9. The molecule has 6 heteroatoms. The maximum atomic E-state index is 12.8. The van der Waals surface area contributed by atoms with Gasteiger partial charge in [0.05, 0.1) is 6.61 Å². The molecular formula is C17H26N2O3S. The van der Waals surface area contributed by atoms with Crippen LogP contribution in [-0.4, -0.2) is 61.8 Å². The van der Waals surface area contributed by atoms with Gasteiger partial charge in [-0.15, -0.1) is 0 Å². The Balaban J connectivity index is 1.67. The first-order chi connectivity index (χ1) is 11.1. The van der Waals surface area contributed by atoms with Crippen LogP contribution in [0.15, 0.2) is 30.3 Å². The third kappa shape index (κ3) is 3.94. The molecule has 1 aromatic carbocycles. The number of benzene rings is 1. The summed E-state index contributed by atoms with van der Waals surface area (Å²) in [5.74, 6) is 0. The monoisotopic (exact) mass is 338 g/mol. The topological polar surface area (TPSA) is 49.9 Å². The van der Waals surface area contributed by atoms with E-state index in [1.54, 1.807) is 4.31 Å². The van der Waals surface area contributed by atoms with Crippen LogP contribution < -0.4 is 0 Å². The molecule has 128 valence electrons. The normalized spacial score (nSPS) is 27.9. The maximum Gasteiger partial charge on any atom is 0.219 e. The molecule has 0 spiro atoms. The van der Waals surface area contributed by atoms with Gasteiger partial charge in [0.25, 0.3) is 0 Å². The summed E-state index contributed by atoms with van der Waals surface area (Å²) in [4.78, 5) is 2.36. The Kier molecular flexibility index (Phi) is 5.36. The van der Waals surface area contributed by atoms with Crippen molar-refractivity contribution >= 4 is 10.0 Å². The van der Waals surface area contributed by atoms with Crippen molar-refractivity contribution in [2.24, 2.45) is 0 Å². The summed E-state index contributed by atoms with van der Waals surface area (Å²) in [5, 5.41) is -0.356. The molecular weight excluding hydrogens is 312 g/mol. The standard InChI is InChI=1S/C17H26N2O3S/c1-15-12-18(13-16-6-3-2-4-7-16)9-5-10-19(15)23(20,21)17-8-11-22-14-17/h2-4,6-7,15,17H,5,8-14H2,1H3/t15-,17+/m1/s1. The second-order valence-corrected chi connectivity index (χ2v) is 8.73. The predicted molar refractivity (Wildman–Crippen MR) is 90.6 cm³/mol. The highest BCUT2D eigenvalue weighted by molar-refractivity contribution is 7.89. The SMILES string of the molecule is C[C@@H]1CN(Cc2ccccc2)CCCN1S(=O)(=O)[C@H]1CCOC1. The summed E-state index contributed by atoms with van der Waals surface area (Å²) >= 11 is 0. The van der Waals surface area contributed by atoms with Gasteiger partial charge < -0.3 is 4.74 Å². The Hall–Kier alpha value is -0.950. The Bertz CT molecular complexity index is 600. The van der Waals surface area contributed by atoms with Crippen LogP contribution in [-0.2, 0) is 21.3 Å². The number of hydrogen-bond acceptors (Lipinski definition) is 4. The molecule has 2 saturated heterocycles. The number of ether oxygens (including phenoxy) is 1. The molecule has 0 N–H and O–H groups in total. The van der Waals surface area contributed by atoms with Crippen molar-refractivity contribution in [3.8, 4) is 0 Å². The molecule has 2 heterocycles. The lowest BCUT2D eigenvalue weighted by atomic mass is 10.2. The molecule has 5 nitrogen and oxygen atoms in total. The Morgan fingerprint density at radius 2 is 2.00 bits per heavy atom. The molecule has 2 aliphatic rings. The molecule has 0 saturated carbocycles. The van der Waals surface area contributed by atoms with Crippen LogP contribution in [0.3, 0.4) is 0 Å². The molecule has 2 fully saturated rings. The van der Waals surface area contributed by atoms with Crippen molar-refractivity contribution < 1.29 is 13.2 Å². The zero-order chi connectivity index (χ0) is 16.3. The van der Waals surface area contributed by atoms with Crippen molar-refractivity contribution in [2.75, 3.05) is 32.8 Å². The predicted octanol–water partition coefficient (Wildman–Crippen LogP) is 1.70. The lowest BCUT2D eigenvalue weighted by molar-refractivity contribution is 0.197. The highest BCUT2D eigenvalue weighted by Crippen LogP contribution is 2.23. The number of sulfonamides is 1. The second kappa shape index (κ2) is 7.30. The summed E-state index contributed by atoms with van der Waals surface area (Å²) in [6.45, 7) is 6.15. The fourth-order valence-corrected chi connectivity index (χ4v) is 5.53. The summed E-state index contributed by atoms with van der Waals surface area (Å²) < 4.78 is 32.7. The van der Waals surface area contributed by atoms with E-state index in [1.165, 1.54) is 5.56 Å². The number of nitrogens with zero attached hydrogens (tertiary/aromatic N) is 2. The van der Waals surface area contributed by atoms with Gasteiger partial charge >= 0.3 is 0 Å².